The largest absolute Gasteiger partial charge is 0.466 e. The van der Waals surface area contributed by atoms with E-state index in [9.17, 15) is 19.2 Å². The smallest absolute Gasteiger partial charge is 0.305 e. The molecule has 2 unspecified atom stereocenters. The zero-order chi connectivity index (χ0) is 57.2. The maximum atomic E-state index is 14.2. The third-order valence-electron chi connectivity index (χ3n) is 16.5. The molecule has 0 aromatic rings. The third-order valence-corrected chi connectivity index (χ3v) is 16.5. The van der Waals surface area contributed by atoms with E-state index in [1.54, 1.807) is 0 Å². The summed E-state index contributed by atoms with van der Waals surface area (Å²) in [6, 6.07) is 0.272. The van der Waals surface area contributed by atoms with E-state index in [4.69, 9.17) is 14.2 Å². The van der Waals surface area contributed by atoms with Gasteiger partial charge in [0.05, 0.1) is 19.8 Å². The van der Waals surface area contributed by atoms with Crippen LogP contribution in [0.3, 0.4) is 0 Å². The van der Waals surface area contributed by atoms with Crippen LogP contribution < -0.4 is 0 Å². The van der Waals surface area contributed by atoms with Crippen LogP contribution in [0, 0.1) is 11.8 Å². The number of hydrogen-bond acceptors (Lipinski definition) is 8. The van der Waals surface area contributed by atoms with Gasteiger partial charge < -0.3 is 24.0 Å². The Balaban J connectivity index is 5.24. The van der Waals surface area contributed by atoms with E-state index in [1.165, 1.54) is 154 Å². The molecule has 0 fully saturated rings. The average molecular weight is 1100 g/mol. The molecule has 9 nitrogen and oxygen atoms in total. The lowest BCUT2D eigenvalue weighted by Gasteiger charge is -2.33. The zero-order valence-electron chi connectivity index (χ0n) is 53.4. The van der Waals surface area contributed by atoms with Crippen molar-refractivity contribution in [2.24, 2.45) is 11.8 Å². The summed E-state index contributed by atoms with van der Waals surface area (Å²) in [5.74, 6) is 1.28. The van der Waals surface area contributed by atoms with E-state index >= 15 is 0 Å². The molecule has 0 rings (SSSR count). The minimum absolute atomic E-state index is 0.0182. The summed E-state index contributed by atoms with van der Waals surface area (Å²) >= 11 is 0. The monoisotopic (exact) mass is 1100 g/mol. The van der Waals surface area contributed by atoms with Gasteiger partial charge in [0.15, 0.2) is 0 Å². The number of carbonyl (C=O) groups is 4. The highest BCUT2D eigenvalue weighted by atomic mass is 16.5. The fourth-order valence-electron chi connectivity index (χ4n) is 11.2. The summed E-state index contributed by atoms with van der Waals surface area (Å²) in [5, 5.41) is 0. The van der Waals surface area contributed by atoms with Crippen LogP contribution >= 0.6 is 0 Å². The quantitative estimate of drug-likeness (QED) is 0.0337. The molecule has 78 heavy (non-hydrogen) atoms. The van der Waals surface area contributed by atoms with Crippen LogP contribution in [0.4, 0.5) is 0 Å². The standard InChI is InChI=1S/C69H134N2O7/c1-8-13-18-21-22-29-36-47-60-76-67(73)55-41-34-27-28-35-45-59-71(66(72)54-44-46-58-70(6)7)65(52-39-30-23-25-32-42-56-68(74)77-61-63(48-16-11-4)50-37-19-14-9-2)53-40-31-24-26-33-43-57-69(75)78-62-64(49-17-12-5)51-38-20-15-10-3/h63-65H,8-62H2,1-7H3. The number of hydrogen-bond donors (Lipinski definition) is 0. The van der Waals surface area contributed by atoms with Gasteiger partial charge in [0.1, 0.15) is 0 Å². The van der Waals surface area contributed by atoms with Crippen molar-refractivity contribution >= 4 is 23.8 Å². The van der Waals surface area contributed by atoms with Crippen LogP contribution in [0.5, 0.6) is 0 Å². The lowest BCUT2D eigenvalue weighted by atomic mass is 9.96. The van der Waals surface area contributed by atoms with Crippen molar-refractivity contribution in [1.82, 2.24) is 9.80 Å². The Morgan fingerprint density at radius 3 is 1.04 bits per heavy atom. The van der Waals surface area contributed by atoms with Crippen molar-refractivity contribution in [1.29, 1.82) is 0 Å². The van der Waals surface area contributed by atoms with Gasteiger partial charge in [-0.05, 0) is 116 Å². The molecule has 0 heterocycles. The molecule has 0 N–H and O–H groups in total. The molecule has 0 aliphatic rings. The number of unbranched alkanes of at least 4 members (excludes halogenated alkanes) is 31. The summed E-state index contributed by atoms with van der Waals surface area (Å²) in [7, 11) is 4.22. The molecule has 0 aliphatic heterocycles. The molecule has 0 radical (unpaired) electrons. The Bertz CT molecular complexity index is 1250. The molecule has 0 aliphatic carbocycles. The first-order chi connectivity index (χ1) is 38.1. The fraction of sp³-hybridized carbons (Fsp3) is 0.942. The van der Waals surface area contributed by atoms with Gasteiger partial charge in [0, 0.05) is 38.3 Å². The maximum Gasteiger partial charge on any atom is 0.305 e. The number of carbonyl (C=O) groups excluding carboxylic acids is 4. The first kappa shape index (κ1) is 75.8. The molecule has 0 saturated carbocycles. The Labute approximate surface area is 485 Å². The van der Waals surface area contributed by atoms with Crippen LogP contribution in [0.25, 0.3) is 0 Å². The molecule has 2 atom stereocenters. The molecule has 9 heteroatoms. The van der Waals surface area contributed by atoms with Crippen LogP contribution in [0.1, 0.15) is 356 Å². The summed E-state index contributed by atoms with van der Waals surface area (Å²) in [6.45, 7) is 14.9. The number of rotatable bonds is 62. The Morgan fingerprint density at radius 2 is 0.615 bits per heavy atom. The SMILES string of the molecule is CCCCCCCCCCOC(=O)CCCCCCCCN(C(=O)CCCCN(C)C)C(CCCCCCCCC(=O)OCC(CCCC)CCCCCC)CCCCCCCCC(=O)OCC(CCCC)CCCCCC. The van der Waals surface area contributed by atoms with Crippen LogP contribution in [0.2, 0.25) is 0 Å². The highest BCUT2D eigenvalue weighted by Gasteiger charge is 2.23. The van der Waals surface area contributed by atoms with Crippen LogP contribution in [0.15, 0.2) is 0 Å². The van der Waals surface area contributed by atoms with Gasteiger partial charge in [-0.3, -0.25) is 19.2 Å². The number of ether oxygens (including phenoxy) is 3. The molecule has 462 valence electrons. The third kappa shape index (κ3) is 52.0. The van der Waals surface area contributed by atoms with Gasteiger partial charge in [-0.25, -0.2) is 0 Å². The predicted octanol–water partition coefficient (Wildman–Crippen LogP) is 20.2. The zero-order valence-corrected chi connectivity index (χ0v) is 53.4. The van der Waals surface area contributed by atoms with Crippen molar-refractivity contribution in [2.45, 2.75) is 362 Å². The van der Waals surface area contributed by atoms with Crippen LogP contribution in [-0.2, 0) is 33.4 Å². The van der Waals surface area contributed by atoms with Crippen molar-refractivity contribution in [3.8, 4) is 0 Å². The Hall–Kier alpha value is -2.16. The molecule has 0 aromatic heterocycles. The number of esters is 3. The first-order valence-electron chi connectivity index (χ1n) is 34.5. The Kier molecular flexibility index (Phi) is 57.8. The number of amides is 1. The van der Waals surface area contributed by atoms with Crippen molar-refractivity contribution < 1.29 is 33.4 Å². The highest BCUT2D eigenvalue weighted by molar-refractivity contribution is 5.76. The van der Waals surface area contributed by atoms with E-state index in [2.05, 4.69) is 58.5 Å². The topological polar surface area (TPSA) is 102 Å². The van der Waals surface area contributed by atoms with E-state index < -0.39 is 0 Å². The van der Waals surface area contributed by atoms with Gasteiger partial charge >= 0.3 is 17.9 Å². The van der Waals surface area contributed by atoms with Gasteiger partial charge in [-0.15, -0.1) is 0 Å². The number of nitrogens with zero attached hydrogens (tertiary/aromatic N) is 2. The van der Waals surface area contributed by atoms with Gasteiger partial charge in [-0.2, -0.15) is 0 Å². The van der Waals surface area contributed by atoms with Crippen molar-refractivity contribution in [3.63, 3.8) is 0 Å². The van der Waals surface area contributed by atoms with Gasteiger partial charge in [0.25, 0.3) is 0 Å². The second kappa shape index (κ2) is 59.5. The second-order valence-corrected chi connectivity index (χ2v) is 24.5. The Morgan fingerprint density at radius 1 is 0.308 bits per heavy atom. The molecule has 0 spiro atoms. The van der Waals surface area contributed by atoms with E-state index in [1.807, 2.05) is 0 Å². The summed E-state index contributed by atoms with van der Waals surface area (Å²) in [6.07, 6.45) is 55.4. The highest BCUT2D eigenvalue weighted by Crippen LogP contribution is 2.24. The molecule has 0 saturated heterocycles. The van der Waals surface area contributed by atoms with Gasteiger partial charge in [0.2, 0.25) is 5.91 Å². The summed E-state index contributed by atoms with van der Waals surface area (Å²) < 4.78 is 17.2. The fourth-order valence-corrected chi connectivity index (χ4v) is 11.2. The molecule has 0 bridgehead atoms. The molecule has 0 aromatic carbocycles. The van der Waals surface area contributed by atoms with Crippen molar-refractivity contribution in [3.05, 3.63) is 0 Å². The molecular formula is C69H134N2O7. The van der Waals surface area contributed by atoms with Gasteiger partial charge in [-0.1, -0.05) is 247 Å². The first-order valence-corrected chi connectivity index (χ1v) is 34.5. The summed E-state index contributed by atoms with van der Waals surface area (Å²) in [4.78, 5) is 56.5. The maximum absolute atomic E-state index is 14.2. The minimum Gasteiger partial charge on any atom is -0.466 e. The molecule has 1 amide bonds. The predicted molar refractivity (Wildman–Crippen MR) is 333 cm³/mol. The van der Waals surface area contributed by atoms with Crippen LogP contribution in [-0.4, -0.2) is 86.7 Å². The average Bonchev–Trinajstić information content (AvgIpc) is 3.43. The lowest BCUT2D eigenvalue weighted by Crippen LogP contribution is -2.41. The molecular weight excluding hydrogens is 969 g/mol. The second-order valence-electron chi connectivity index (χ2n) is 24.5. The summed E-state index contributed by atoms with van der Waals surface area (Å²) in [5.41, 5.74) is 0. The van der Waals surface area contributed by atoms with E-state index in [0.717, 1.165) is 154 Å². The minimum atomic E-state index is -0.0398. The van der Waals surface area contributed by atoms with Crippen molar-refractivity contribution in [2.75, 3.05) is 47.0 Å². The van der Waals surface area contributed by atoms with E-state index in [0.29, 0.717) is 63.2 Å². The lowest BCUT2D eigenvalue weighted by molar-refractivity contribution is -0.146. The normalized spacial score (nSPS) is 12.7. The van der Waals surface area contributed by atoms with E-state index in [-0.39, 0.29) is 23.9 Å².